The minimum absolute atomic E-state index is 0.900. The van der Waals surface area contributed by atoms with E-state index >= 15 is 0 Å². The highest BCUT2D eigenvalue weighted by Crippen LogP contribution is 2.28. The summed E-state index contributed by atoms with van der Waals surface area (Å²) in [7, 11) is 1.74. The summed E-state index contributed by atoms with van der Waals surface area (Å²) in [5, 5.41) is 2.61. The number of methoxy groups -OCH3 is 1. The largest absolute Gasteiger partial charge is 0.496 e. The Hall–Kier alpha value is -2.28. The number of hydrogen-bond donors (Lipinski definition) is 0. The fourth-order valence-corrected chi connectivity index (χ4v) is 2.73. The second-order valence-electron chi connectivity index (χ2n) is 5.07. The summed E-state index contributed by atoms with van der Waals surface area (Å²) < 4.78 is 5.51. The average molecular weight is 262 g/mol. The van der Waals surface area contributed by atoms with Crippen LogP contribution in [-0.4, -0.2) is 7.11 Å². The molecule has 0 heterocycles. The Bertz CT molecular complexity index is 738. The molecule has 3 aromatic rings. The zero-order valence-electron chi connectivity index (χ0n) is 11.9. The van der Waals surface area contributed by atoms with Gasteiger partial charge in [-0.2, -0.15) is 0 Å². The van der Waals surface area contributed by atoms with Crippen molar-refractivity contribution in [2.75, 3.05) is 7.11 Å². The Morgan fingerprint density at radius 3 is 2.45 bits per heavy atom. The molecule has 3 aromatic carbocycles. The Morgan fingerprint density at radius 1 is 0.850 bits per heavy atom. The van der Waals surface area contributed by atoms with Gasteiger partial charge >= 0.3 is 0 Å². The van der Waals surface area contributed by atoms with E-state index in [0.717, 1.165) is 12.2 Å². The third kappa shape index (κ3) is 2.27. The van der Waals surface area contributed by atoms with Crippen LogP contribution in [0.3, 0.4) is 0 Å². The Kier molecular flexibility index (Phi) is 3.42. The van der Waals surface area contributed by atoms with Crippen molar-refractivity contribution in [3.05, 3.63) is 77.4 Å². The van der Waals surface area contributed by atoms with Gasteiger partial charge in [-0.1, -0.05) is 54.6 Å². The van der Waals surface area contributed by atoms with Gasteiger partial charge in [-0.25, -0.2) is 0 Å². The maximum absolute atomic E-state index is 5.51. The number of hydrogen-bond acceptors (Lipinski definition) is 1. The smallest absolute Gasteiger partial charge is 0.122 e. The van der Waals surface area contributed by atoms with Crippen LogP contribution in [0, 0.1) is 6.92 Å². The molecule has 1 nitrogen and oxygen atoms in total. The van der Waals surface area contributed by atoms with Gasteiger partial charge in [0.05, 0.1) is 7.11 Å². The van der Waals surface area contributed by atoms with Crippen LogP contribution in [0.1, 0.15) is 16.7 Å². The maximum Gasteiger partial charge on any atom is 0.122 e. The van der Waals surface area contributed by atoms with E-state index in [4.69, 9.17) is 4.74 Å². The predicted molar refractivity (Wildman–Crippen MR) is 84.5 cm³/mol. The van der Waals surface area contributed by atoms with E-state index in [0.29, 0.717) is 0 Å². The fraction of sp³-hybridized carbons (Fsp3) is 0.158. The van der Waals surface area contributed by atoms with Crippen LogP contribution in [0.2, 0.25) is 0 Å². The number of rotatable bonds is 3. The average Bonchev–Trinajstić information content (AvgIpc) is 2.49. The van der Waals surface area contributed by atoms with Crippen LogP contribution in [0.15, 0.2) is 60.7 Å². The van der Waals surface area contributed by atoms with Crippen molar-refractivity contribution in [3.8, 4) is 5.75 Å². The molecule has 100 valence electrons. The zero-order valence-corrected chi connectivity index (χ0v) is 11.9. The van der Waals surface area contributed by atoms with Crippen LogP contribution < -0.4 is 4.74 Å². The summed E-state index contributed by atoms with van der Waals surface area (Å²) in [5.41, 5.74) is 3.89. The molecule has 0 unspecified atom stereocenters. The van der Waals surface area contributed by atoms with E-state index in [1.54, 1.807) is 7.11 Å². The molecule has 0 saturated carbocycles. The third-order valence-corrected chi connectivity index (χ3v) is 3.83. The van der Waals surface area contributed by atoms with Crippen molar-refractivity contribution < 1.29 is 4.74 Å². The molecule has 3 rings (SSSR count). The first-order valence-corrected chi connectivity index (χ1v) is 6.88. The van der Waals surface area contributed by atoms with Crippen molar-refractivity contribution >= 4 is 10.8 Å². The minimum atomic E-state index is 0.900. The molecule has 0 aliphatic rings. The van der Waals surface area contributed by atoms with E-state index < -0.39 is 0 Å². The van der Waals surface area contributed by atoms with Crippen molar-refractivity contribution in [3.63, 3.8) is 0 Å². The summed E-state index contributed by atoms with van der Waals surface area (Å²) in [6.45, 7) is 2.14. The molecule has 0 amide bonds. The molecule has 0 spiro atoms. The Morgan fingerprint density at radius 2 is 1.60 bits per heavy atom. The van der Waals surface area contributed by atoms with Gasteiger partial charge in [0.25, 0.3) is 0 Å². The van der Waals surface area contributed by atoms with Crippen molar-refractivity contribution in [2.45, 2.75) is 13.3 Å². The summed E-state index contributed by atoms with van der Waals surface area (Å²) in [4.78, 5) is 0. The van der Waals surface area contributed by atoms with E-state index in [9.17, 15) is 0 Å². The zero-order chi connectivity index (χ0) is 13.9. The highest BCUT2D eigenvalue weighted by molar-refractivity contribution is 5.86. The van der Waals surface area contributed by atoms with Gasteiger partial charge in [-0.05, 0) is 34.9 Å². The molecular weight excluding hydrogens is 244 g/mol. The quantitative estimate of drug-likeness (QED) is 0.662. The molecule has 0 radical (unpaired) electrons. The molecule has 20 heavy (non-hydrogen) atoms. The third-order valence-electron chi connectivity index (χ3n) is 3.83. The molecular formula is C19H18O. The Balaban J connectivity index is 2.10. The van der Waals surface area contributed by atoms with Crippen molar-refractivity contribution in [1.29, 1.82) is 0 Å². The molecule has 0 N–H and O–H groups in total. The number of aryl methyl sites for hydroxylation is 1. The van der Waals surface area contributed by atoms with Crippen LogP contribution in [0.25, 0.3) is 10.8 Å². The lowest BCUT2D eigenvalue weighted by atomic mass is 9.95. The number of fused-ring (bicyclic) bond motifs is 1. The molecule has 0 atom stereocenters. The van der Waals surface area contributed by atoms with Crippen molar-refractivity contribution in [2.24, 2.45) is 0 Å². The van der Waals surface area contributed by atoms with Gasteiger partial charge in [-0.3, -0.25) is 0 Å². The van der Waals surface area contributed by atoms with Gasteiger partial charge in [0.1, 0.15) is 5.75 Å². The van der Waals surface area contributed by atoms with Gasteiger partial charge in [0.2, 0.25) is 0 Å². The second kappa shape index (κ2) is 5.38. The highest BCUT2D eigenvalue weighted by Gasteiger charge is 2.09. The summed E-state index contributed by atoms with van der Waals surface area (Å²) in [6.07, 6.45) is 0.900. The number of benzene rings is 3. The first-order chi connectivity index (χ1) is 9.79. The fourth-order valence-electron chi connectivity index (χ4n) is 2.73. The van der Waals surface area contributed by atoms with Crippen LogP contribution in [0.4, 0.5) is 0 Å². The van der Waals surface area contributed by atoms with Gasteiger partial charge < -0.3 is 4.74 Å². The summed E-state index contributed by atoms with van der Waals surface area (Å²) in [6, 6.07) is 21.2. The lowest BCUT2D eigenvalue weighted by molar-refractivity contribution is 0.410. The van der Waals surface area contributed by atoms with Crippen LogP contribution in [-0.2, 0) is 6.42 Å². The molecule has 1 heteroatoms. The predicted octanol–water partition coefficient (Wildman–Crippen LogP) is 4.75. The summed E-state index contributed by atoms with van der Waals surface area (Å²) in [5.74, 6) is 0.970. The van der Waals surface area contributed by atoms with Gasteiger partial charge in [0, 0.05) is 12.0 Å². The molecule has 0 bridgehead atoms. The normalized spacial score (nSPS) is 10.7. The van der Waals surface area contributed by atoms with Crippen LogP contribution >= 0.6 is 0 Å². The highest BCUT2D eigenvalue weighted by atomic mass is 16.5. The van der Waals surface area contributed by atoms with E-state index in [1.807, 2.05) is 12.1 Å². The first kappa shape index (κ1) is 12.7. The van der Waals surface area contributed by atoms with E-state index in [2.05, 4.69) is 55.5 Å². The van der Waals surface area contributed by atoms with Gasteiger partial charge in [-0.15, -0.1) is 0 Å². The monoisotopic (exact) mass is 262 g/mol. The lowest BCUT2D eigenvalue weighted by Crippen LogP contribution is -1.97. The molecule has 0 aliphatic carbocycles. The van der Waals surface area contributed by atoms with E-state index in [1.165, 1.54) is 27.5 Å². The number of ether oxygens (including phenoxy) is 1. The Labute approximate surface area is 119 Å². The van der Waals surface area contributed by atoms with Crippen molar-refractivity contribution in [1.82, 2.24) is 0 Å². The second-order valence-corrected chi connectivity index (χ2v) is 5.07. The molecule has 0 saturated heterocycles. The summed E-state index contributed by atoms with van der Waals surface area (Å²) >= 11 is 0. The standard InChI is InChI=1S/C19H18O/c1-14-7-5-12-19(20-2)18(14)13-16-10-6-9-15-8-3-4-11-17(15)16/h3-12H,13H2,1-2H3. The first-order valence-electron chi connectivity index (χ1n) is 6.88. The van der Waals surface area contributed by atoms with Crippen LogP contribution in [0.5, 0.6) is 5.75 Å². The molecule has 0 fully saturated rings. The maximum atomic E-state index is 5.51. The lowest BCUT2D eigenvalue weighted by Gasteiger charge is -2.13. The minimum Gasteiger partial charge on any atom is -0.496 e. The topological polar surface area (TPSA) is 9.23 Å². The molecule has 0 aromatic heterocycles. The van der Waals surface area contributed by atoms with Gasteiger partial charge in [0.15, 0.2) is 0 Å². The van der Waals surface area contributed by atoms with E-state index in [-0.39, 0.29) is 0 Å². The molecule has 0 aliphatic heterocycles. The SMILES string of the molecule is COc1cccc(C)c1Cc1cccc2ccccc12.